The van der Waals surface area contributed by atoms with E-state index in [-0.39, 0.29) is 5.88 Å². The van der Waals surface area contributed by atoms with Crippen LogP contribution in [0.25, 0.3) is 11.3 Å². The summed E-state index contributed by atoms with van der Waals surface area (Å²) in [5.74, 6) is 1.78. The van der Waals surface area contributed by atoms with Gasteiger partial charge < -0.3 is 24.7 Å². The van der Waals surface area contributed by atoms with Gasteiger partial charge in [-0.2, -0.15) is 5.26 Å². The first-order valence-corrected chi connectivity index (χ1v) is 9.72. The molecule has 0 amide bonds. The third-order valence-electron chi connectivity index (χ3n) is 5.13. The number of aromatic amines is 1. The molecule has 4 rings (SSSR count). The lowest BCUT2D eigenvalue weighted by atomic mass is 9.83. The second-order valence-corrected chi connectivity index (χ2v) is 6.81. The predicted molar refractivity (Wildman–Crippen MR) is 114 cm³/mol. The average Bonchev–Trinajstić information content (AvgIpc) is 3.21. The number of nitriles is 1. The molecule has 0 saturated heterocycles. The second kappa shape index (κ2) is 8.32. The molecule has 1 aliphatic rings. The van der Waals surface area contributed by atoms with Crippen LogP contribution < -0.4 is 24.7 Å². The standard InChI is InChI=1S/C23H22N4O4/c1-4-30-15-8-5-13(6-9-15)21-20-19(14-7-10-17(28-2)18(11-14)29-3)16(12-24)22(25)31-23(20)27-26-21/h5-11,19H,4,25H2,1-3H3,(H,26,27)/t19-/m0/s1. The minimum Gasteiger partial charge on any atom is -0.494 e. The lowest BCUT2D eigenvalue weighted by Crippen LogP contribution is -2.21. The van der Waals surface area contributed by atoms with Gasteiger partial charge in [-0.15, -0.1) is 5.10 Å². The summed E-state index contributed by atoms with van der Waals surface area (Å²) in [4.78, 5) is 0. The molecule has 8 nitrogen and oxygen atoms in total. The second-order valence-electron chi connectivity index (χ2n) is 6.81. The summed E-state index contributed by atoms with van der Waals surface area (Å²) in [7, 11) is 3.14. The molecule has 1 aromatic heterocycles. The molecule has 31 heavy (non-hydrogen) atoms. The molecule has 0 fully saturated rings. The van der Waals surface area contributed by atoms with E-state index in [9.17, 15) is 5.26 Å². The number of benzene rings is 2. The fourth-order valence-electron chi connectivity index (χ4n) is 3.72. The van der Waals surface area contributed by atoms with Gasteiger partial charge in [-0.3, -0.25) is 5.10 Å². The molecule has 0 bridgehead atoms. The van der Waals surface area contributed by atoms with E-state index in [1.165, 1.54) is 0 Å². The van der Waals surface area contributed by atoms with Crippen LogP contribution in [0, 0.1) is 11.3 Å². The van der Waals surface area contributed by atoms with Gasteiger partial charge in [-0.25, -0.2) is 0 Å². The number of H-pyrrole nitrogens is 1. The maximum atomic E-state index is 9.87. The minimum atomic E-state index is -0.492. The van der Waals surface area contributed by atoms with Gasteiger partial charge in [-0.1, -0.05) is 6.07 Å². The first-order valence-electron chi connectivity index (χ1n) is 9.72. The molecule has 2 heterocycles. The van der Waals surface area contributed by atoms with Gasteiger partial charge in [-0.05, 0) is 48.9 Å². The molecule has 0 saturated carbocycles. The van der Waals surface area contributed by atoms with Crippen molar-refractivity contribution in [3.8, 4) is 40.5 Å². The van der Waals surface area contributed by atoms with E-state index >= 15 is 0 Å². The number of nitrogens with one attached hydrogen (secondary N) is 1. The van der Waals surface area contributed by atoms with Crippen LogP contribution in [-0.2, 0) is 0 Å². The fourth-order valence-corrected chi connectivity index (χ4v) is 3.72. The third-order valence-corrected chi connectivity index (χ3v) is 5.13. The molecular weight excluding hydrogens is 396 g/mol. The third kappa shape index (κ3) is 3.51. The molecule has 158 valence electrons. The van der Waals surface area contributed by atoms with E-state index in [0.717, 1.165) is 28.1 Å². The Hall–Kier alpha value is -4.12. The highest BCUT2D eigenvalue weighted by atomic mass is 16.5. The number of nitrogens with two attached hydrogens (primary N) is 1. The highest BCUT2D eigenvalue weighted by molar-refractivity contribution is 5.71. The highest BCUT2D eigenvalue weighted by Crippen LogP contribution is 2.47. The van der Waals surface area contributed by atoms with Crippen molar-refractivity contribution in [3.63, 3.8) is 0 Å². The van der Waals surface area contributed by atoms with Crippen molar-refractivity contribution in [3.05, 3.63) is 65.0 Å². The van der Waals surface area contributed by atoms with Crippen LogP contribution >= 0.6 is 0 Å². The van der Waals surface area contributed by atoms with Crippen molar-refractivity contribution in [1.29, 1.82) is 5.26 Å². The zero-order valence-electron chi connectivity index (χ0n) is 17.4. The first kappa shape index (κ1) is 20.2. The Balaban J connectivity index is 1.87. The molecular formula is C23H22N4O4. The summed E-state index contributed by atoms with van der Waals surface area (Å²) in [6.07, 6.45) is 0. The Labute approximate surface area is 179 Å². The van der Waals surface area contributed by atoms with E-state index in [1.807, 2.05) is 43.3 Å². The van der Waals surface area contributed by atoms with Crippen LogP contribution in [0.1, 0.15) is 24.0 Å². The maximum Gasteiger partial charge on any atom is 0.244 e. The number of fused-ring (bicyclic) bond motifs is 1. The van der Waals surface area contributed by atoms with E-state index in [4.69, 9.17) is 24.7 Å². The normalized spacial score (nSPS) is 15.0. The molecule has 3 aromatic rings. The summed E-state index contributed by atoms with van der Waals surface area (Å²) in [5, 5.41) is 17.2. The average molecular weight is 418 g/mol. The quantitative estimate of drug-likeness (QED) is 0.627. The molecule has 8 heteroatoms. The number of aromatic nitrogens is 2. The van der Waals surface area contributed by atoms with E-state index in [1.54, 1.807) is 20.3 Å². The van der Waals surface area contributed by atoms with Crippen LogP contribution in [-0.4, -0.2) is 31.0 Å². The largest absolute Gasteiger partial charge is 0.494 e. The number of ether oxygens (including phenoxy) is 4. The Morgan fingerprint density at radius 3 is 2.52 bits per heavy atom. The number of nitrogens with zero attached hydrogens (tertiary/aromatic N) is 2. The van der Waals surface area contributed by atoms with Crippen LogP contribution in [0.5, 0.6) is 23.1 Å². The molecule has 0 spiro atoms. The van der Waals surface area contributed by atoms with Gasteiger partial charge in [0.05, 0.1) is 38.0 Å². The van der Waals surface area contributed by atoms with Crippen LogP contribution in [0.2, 0.25) is 0 Å². The molecule has 1 atom stereocenters. The van der Waals surface area contributed by atoms with Gasteiger partial charge >= 0.3 is 0 Å². The summed E-state index contributed by atoms with van der Waals surface area (Å²) < 4.78 is 22.0. The van der Waals surface area contributed by atoms with Crippen molar-refractivity contribution in [2.75, 3.05) is 20.8 Å². The predicted octanol–water partition coefficient (Wildman–Crippen LogP) is 3.71. The Morgan fingerprint density at radius 2 is 1.87 bits per heavy atom. The van der Waals surface area contributed by atoms with Crippen LogP contribution in [0.15, 0.2) is 53.9 Å². The molecule has 2 aromatic carbocycles. The monoisotopic (exact) mass is 418 g/mol. The molecule has 0 unspecified atom stereocenters. The van der Waals surface area contributed by atoms with Gasteiger partial charge in [0.2, 0.25) is 11.8 Å². The Bertz CT molecular complexity index is 1180. The Kier molecular flexibility index (Phi) is 5.41. The zero-order valence-corrected chi connectivity index (χ0v) is 17.4. The number of hydrogen-bond donors (Lipinski definition) is 2. The van der Waals surface area contributed by atoms with E-state index in [0.29, 0.717) is 29.6 Å². The van der Waals surface area contributed by atoms with Crippen molar-refractivity contribution in [1.82, 2.24) is 10.2 Å². The fraction of sp³-hybridized carbons (Fsp3) is 0.217. The van der Waals surface area contributed by atoms with Crippen molar-refractivity contribution >= 4 is 0 Å². The van der Waals surface area contributed by atoms with Gasteiger partial charge in [0.15, 0.2) is 11.5 Å². The number of rotatable bonds is 6. The SMILES string of the molecule is CCOc1ccc(-c2[nH]nc3c2[C@@H](c2ccc(OC)c(OC)c2)C(C#N)=C(N)O3)cc1. The summed E-state index contributed by atoms with van der Waals surface area (Å²) in [6.45, 7) is 2.52. The maximum absolute atomic E-state index is 9.87. The van der Waals surface area contributed by atoms with E-state index in [2.05, 4.69) is 16.3 Å². The summed E-state index contributed by atoms with van der Waals surface area (Å²) in [6, 6.07) is 15.3. The number of hydrogen-bond acceptors (Lipinski definition) is 7. The molecule has 0 radical (unpaired) electrons. The topological polar surface area (TPSA) is 115 Å². The van der Waals surface area contributed by atoms with Crippen LogP contribution in [0.3, 0.4) is 0 Å². The van der Waals surface area contributed by atoms with Gasteiger partial charge in [0.1, 0.15) is 17.4 Å². The molecule has 1 aliphatic heterocycles. The lowest BCUT2D eigenvalue weighted by molar-refractivity contribution is 0.340. The smallest absolute Gasteiger partial charge is 0.244 e. The van der Waals surface area contributed by atoms with E-state index < -0.39 is 5.92 Å². The zero-order chi connectivity index (χ0) is 22.0. The van der Waals surface area contributed by atoms with Crippen molar-refractivity contribution in [2.45, 2.75) is 12.8 Å². The summed E-state index contributed by atoms with van der Waals surface area (Å²) in [5.41, 5.74) is 9.51. The lowest BCUT2D eigenvalue weighted by Gasteiger charge is -2.24. The highest BCUT2D eigenvalue weighted by Gasteiger charge is 2.36. The summed E-state index contributed by atoms with van der Waals surface area (Å²) >= 11 is 0. The van der Waals surface area contributed by atoms with Crippen molar-refractivity contribution in [2.24, 2.45) is 5.73 Å². The number of allylic oxidation sites excluding steroid dienone is 1. The minimum absolute atomic E-state index is 0.0273. The van der Waals surface area contributed by atoms with Crippen molar-refractivity contribution < 1.29 is 18.9 Å². The van der Waals surface area contributed by atoms with Gasteiger partial charge in [0, 0.05) is 5.56 Å². The van der Waals surface area contributed by atoms with Crippen LogP contribution in [0.4, 0.5) is 0 Å². The molecule has 3 N–H and O–H groups in total. The number of methoxy groups -OCH3 is 2. The van der Waals surface area contributed by atoms with Gasteiger partial charge in [0.25, 0.3) is 0 Å². The molecule has 0 aliphatic carbocycles. The first-order chi connectivity index (χ1) is 15.1. The Morgan fingerprint density at radius 1 is 1.13 bits per heavy atom.